The molecule has 2 aromatic rings. The smallest absolute Gasteiger partial charge is 0.243 e. The topological polar surface area (TPSA) is 71.2 Å². The molecule has 1 aliphatic rings. The summed E-state index contributed by atoms with van der Waals surface area (Å²) in [6, 6.07) is 6.49. The second-order valence-corrected chi connectivity index (χ2v) is 5.64. The molecule has 106 valence electrons. The van der Waals surface area contributed by atoms with Gasteiger partial charge in [0.15, 0.2) is 5.82 Å². The van der Waals surface area contributed by atoms with Crippen LogP contribution in [0.1, 0.15) is 24.2 Å². The molecule has 0 amide bonds. The first kappa shape index (κ1) is 13.5. The molecule has 1 aromatic carbocycles. The summed E-state index contributed by atoms with van der Waals surface area (Å²) in [5.74, 6) is 1.20. The van der Waals surface area contributed by atoms with Crippen molar-refractivity contribution in [2.45, 2.75) is 29.2 Å². The minimum absolute atomic E-state index is 0.0929. The van der Waals surface area contributed by atoms with Gasteiger partial charge in [0.1, 0.15) is 5.82 Å². The van der Waals surface area contributed by atoms with Crippen molar-refractivity contribution in [3.05, 3.63) is 41.8 Å². The summed E-state index contributed by atoms with van der Waals surface area (Å²) in [5, 5.41) is 16.4. The molecule has 5 nitrogen and oxygen atoms in total. The van der Waals surface area contributed by atoms with Crippen LogP contribution >= 0.6 is 11.8 Å². The van der Waals surface area contributed by atoms with Crippen molar-refractivity contribution >= 4 is 11.8 Å². The van der Waals surface area contributed by atoms with Crippen molar-refractivity contribution in [1.29, 1.82) is 0 Å². The quantitative estimate of drug-likeness (QED) is 0.839. The Bertz CT molecular complexity index is 593. The first-order valence-electron chi connectivity index (χ1n) is 6.33. The molecule has 2 N–H and O–H groups in total. The van der Waals surface area contributed by atoms with Gasteiger partial charge < -0.3 is 14.9 Å². The van der Waals surface area contributed by atoms with Gasteiger partial charge >= 0.3 is 0 Å². The fourth-order valence-corrected chi connectivity index (χ4v) is 2.86. The number of hydrogen-bond donors (Lipinski definition) is 2. The fraction of sp³-hybridized carbons (Fsp3) is 0.385. The number of rotatable bonds is 4. The summed E-state index contributed by atoms with van der Waals surface area (Å²) in [5.41, 5.74) is 0. The molecule has 0 unspecified atom stereocenters. The Morgan fingerprint density at radius 2 is 2.30 bits per heavy atom. The lowest BCUT2D eigenvalue weighted by atomic mass is 10.2. The average Bonchev–Trinajstić information content (AvgIpc) is 3.06. The van der Waals surface area contributed by atoms with Crippen molar-refractivity contribution in [1.82, 2.24) is 15.5 Å². The van der Waals surface area contributed by atoms with Crippen molar-refractivity contribution in [3.8, 4) is 0 Å². The van der Waals surface area contributed by atoms with E-state index in [4.69, 9.17) is 4.52 Å². The lowest BCUT2D eigenvalue weighted by Crippen LogP contribution is -2.15. The number of nitrogens with zero attached hydrogens (tertiary/aromatic N) is 2. The van der Waals surface area contributed by atoms with Gasteiger partial charge in [0.25, 0.3) is 0 Å². The number of aliphatic hydroxyl groups excluding tert-OH is 1. The number of halogens is 1. The maximum atomic E-state index is 13.5. The van der Waals surface area contributed by atoms with Crippen LogP contribution in [0.3, 0.4) is 0 Å². The van der Waals surface area contributed by atoms with E-state index in [0.29, 0.717) is 35.3 Å². The van der Waals surface area contributed by atoms with E-state index in [-0.39, 0.29) is 18.0 Å². The van der Waals surface area contributed by atoms with E-state index in [1.54, 1.807) is 18.2 Å². The Morgan fingerprint density at radius 1 is 1.45 bits per heavy atom. The summed E-state index contributed by atoms with van der Waals surface area (Å²) >= 11 is 1.33. The average molecular weight is 295 g/mol. The molecular weight excluding hydrogens is 281 g/mol. The Labute approximate surface area is 119 Å². The monoisotopic (exact) mass is 295 g/mol. The van der Waals surface area contributed by atoms with E-state index in [1.807, 2.05) is 0 Å². The highest BCUT2D eigenvalue weighted by molar-refractivity contribution is 7.98. The molecule has 3 rings (SSSR count). The molecule has 1 aromatic heterocycles. The number of thioether (sulfide) groups is 1. The molecule has 1 saturated heterocycles. The molecule has 0 aliphatic carbocycles. The first-order chi connectivity index (χ1) is 9.72. The zero-order valence-electron chi connectivity index (χ0n) is 10.6. The van der Waals surface area contributed by atoms with E-state index >= 15 is 0 Å². The molecule has 20 heavy (non-hydrogen) atoms. The van der Waals surface area contributed by atoms with Crippen LogP contribution < -0.4 is 5.32 Å². The maximum Gasteiger partial charge on any atom is 0.243 e. The van der Waals surface area contributed by atoms with Gasteiger partial charge in [-0.3, -0.25) is 0 Å². The van der Waals surface area contributed by atoms with Crippen molar-refractivity contribution in [3.63, 3.8) is 0 Å². The van der Waals surface area contributed by atoms with Crippen molar-refractivity contribution in [2.24, 2.45) is 0 Å². The Kier molecular flexibility index (Phi) is 4.00. The van der Waals surface area contributed by atoms with Crippen LogP contribution in [-0.4, -0.2) is 27.9 Å². The number of aromatic nitrogens is 2. The van der Waals surface area contributed by atoms with Gasteiger partial charge in [0.2, 0.25) is 5.89 Å². The highest BCUT2D eigenvalue weighted by Crippen LogP contribution is 2.26. The summed E-state index contributed by atoms with van der Waals surface area (Å²) in [7, 11) is 0. The van der Waals surface area contributed by atoms with E-state index < -0.39 is 0 Å². The van der Waals surface area contributed by atoms with Gasteiger partial charge in [0.05, 0.1) is 17.9 Å². The van der Waals surface area contributed by atoms with Crippen LogP contribution in [0.5, 0.6) is 0 Å². The van der Waals surface area contributed by atoms with Crippen LogP contribution in [-0.2, 0) is 5.75 Å². The number of β-amino-alcohol motifs (C(OH)–C–C–N with tert-alkyl or cyclic N) is 1. The molecule has 0 radical (unpaired) electrons. The normalized spacial score (nSPS) is 22.3. The van der Waals surface area contributed by atoms with E-state index in [0.717, 1.165) is 0 Å². The molecular formula is C13H14FN3O2S. The molecule has 2 atom stereocenters. The third kappa shape index (κ3) is 3.00. The number of benzene rings is 1. The lowest BCUT2D eigenvalue weighted by molar-refractivity contribution is 0.191. The Hall–Kier alpha value is -1.44. The van der Waals surface area contributed by atoms with Crippen LogP contribution in [0, 0.1) is 5.82 Å². The van der Waals surface area contributed by atoms with Gasteiger partial charge in [-0.1, -0.05) is 17.3 Å². The van der Waals surface area contributed by atoms with E-state index in [2.05, 4.69) is 15.5 Å². The Balaban J connectivity index is 1.62. The number of hydrogen-bond acceptors (Lipinski definition) is 6. The minimum Gasteiger partial charge on any atom is -0.392 e. The van der Waals surface area contributed by atoms with Crippen LogP contribution in [0.25, 0.3) is 0 Å². The highest BCUT2D eigenvalue weighted by Gasteiger charge is 2.28. The molecule has 0 bridgehead atoms. The summed E-state index contributed by atoms with van der Waals surface area (Å²) in [6.07, 6.45) is 0.199. The molecule has 1 fully saturated rings. The van der Waals surface area contributed by atoms with Gasteiger partial charge in [-0.25, -0.2) is 4.39 Å². The third-order valence-electron chi connectivity index (χ3n) is 3.08. The van der Waals surface area contributed by atoms with Gasteiger partial charge in [-0.2, -0.15) is 4.98 Å². The van der Waals surface area contributed by atoms with Gasteiger partial charge in [-0.15, -0.1) is 11.8 Å². The predicted octanol–water partition coefficient (Wildman–Crippen LogP) is 1.90. The molecule has 0 saturated carbocycles. The minimum atomic E-state index is -0.372. The zero-order valence-corrected chi connectivity index (χ0v) is 11.4. The maximum absolute atomic E-state index is 13.5. The molecule has 0 spiro atoms. The summed E-state index contributed by atoms with van der Waals surface area (Å²) in [6.45, 7) is 0.534. The van der Waals surface area contributed by atoms with Gasteiger partial charge in [0, 0.05) is 11.4 Å². The van der Waals surface area contributed by atoms with Gasteiger partial charge in [-0.05, 0) is 18.6 Å². The Morgan fingerprint density at radius 3 is 3.05 bits per heavy atom. The van der Waals surface area contributed by atoms with Crippen molar-refractivity contribution < 1.29 is 14.0 Å². The largest absolute Gasteiger partial charge is 0.392 e. The van der Waals surface area contributed by atoms with E-state index in [9.17, 15) is 9.50 Å². The SMILES string of the molecule is O[C@@H]1CN[C@@H](c2nc(CSc3ccccc3F)no2)C1. The standard InChI is InChI=1S/C13H14FN3O2S/c14-9-3-1-2-4-11(9)20-7-12-16-13(19-17-12)10-5-8(18)6-15-10/h1-4,8,10,15,18H,5-7H2/t8-,10+/m0/s1. The second kappa shape index (κ2) is 5.90. The van der Waals surface area contributed by atoms with Crippen molar-refractivity contribution in [2.75, 3.05) is 6.54 Å². The van der Waals surface area contributed by atoms with Crippen LogP contribution in [0.15, 0.2) is 33.7 Å². The van der Waals surface area contributed by atoms with Crippen LogP contribution in [0.4, 0.5) is 4.39 Å². The first-order valence-corrected chi connectivity index (χ1v) is 7.32. The fourth-order valence-electron chi connectivity index (χ4n) is 2.08. The third-order valence-corrected chi connectivity index (χ3v) is 4.13. The number of nitrogens with one attached hydrogen (secondary N) is 1. The predicted molar refractivity (Wildman–Crippen MR) is 71.6 cm³/mol. The highest BCUT2D eigenvalue weighted by atomic mass is 32.2. The zero-order chi connectivity index (χ0) is 13.9. The summed E-state index contributed by atoms with van der Waals surface area (Å²) < 4.78 is 18.6. The molecule has 7 heteroatoms. The second-order valence-electron chi connectivity index (χ2n) is 4.62. The summed E-state index contributed by atoms with van der Waals surface area (Å²) in [4.78, 5) is 4.84. The van der Waals surface area contributed by atoms with Crippen LogP contribution in [0.2, 0.25) is 0 Å². The lowest BCUT2D eigenvalue weighted by Gasteiger charge is -2.01. The molecule has 1 aliphatic heterocycles. The number of aliphatic hydroxyl groups is 1. The molecule has 2 heterocycles. The van der Waals surface area contributed by atoms with E-state index in [1.165, 1.54) is 17.8 Å².